The average Bonchev–Trinajstić information content (AvgIpc) is 3.67. The highest BCUT2D eigenvalue weighted by molar-refractivity contribution is 6.31. The van der Waals surface area contributed by atoms with Crippen LogP contribution in [0.1, 0.15) is 70.6 Å². The van der Waals surface area contributed by atoms with Crippen molar-refractivity contribution < 1.29 is 48.5 Å². The number of amides is 2. The maximum atomic E-state index is 15.2. The molecule has 12 nitrogen and oxygen atoms in total. The van der Waals surface area contributed by atoms with Gasteiger partial charge in [0.05, 0.1) is 33.6 Å². The Balaban J connectivity index is 1.47. The Bertz CT molecular complexity index is 2190. The largest absolute Gasteiger partial charge is 0.478 e. The van der Waals surface area contributed by atoms with Crippen LogP contribution >= 0.6 is 0 Å². The van der Waals surface area contributed by atoms with Crippen LogP contribution in [0.15, 0.2) is 133 Å². The van der Waals surface area contributed by atoms with Crippen molar-refractivity contribution in [1.29, 1.82) is 0 Å². The molecule has 5 aromatic rings. The molecule has 7 rings (SSSR count). The lowest BCUT2D eigenvalue weighted by Gasteiger charge is -2.33. The van der Waals surface area contributed by atoms with Crippen LogP contribution in [0.2, 0.25) is 0 Å². The molecule has 2 aliphatic rings. The van der Waals surface area contributed by atoms with Crippen molar-refractivity contribution in [1.82, 2.24) is 0 Å². The van der Waals surface area contributed by atoms with Gasteiger partial charge in [-0.25, -0.2) is 19.2 Å². The molecule has 2 amide bonds. The van der Waals surface area contributed by atoms with Gasteiger partial charge in [0.25, 0.3) is 11.8 Å². The zero-order chi connectivity index (χ0) is 36.5. The highest BCUT2D eigenvalue weighted by Gasteiger charge is 2.45. The van der Waals surface area contributed by atoms with E-state index in [2.05, 4.69) is 0 Å². The Morgan fingerprint density at radius 1 is 0.519 bits per heavy atom. The number of aromatic carboxylic acids is 2. The first-order valence-electron chi connectivity index (χ1n) is 15.8. The topological polar surface area (TPSA) is 168 Å². The monoisotopic (exact) mass is 694 g/mol. The highest BCUT2D eigenvalue weighted by Crippen LogP contribution is 2.42. The number of para-hydroxylation sites is 2. The van der Waals surface area contributed by atoms with Crippen molar-refractivity contribution in [2.75, 3.05) is 9.80 Å². The molecule has 0 saturated heterocycles. The second-order valence-electron chi connectivity index (χ2n) is 11.7. The van der Waals surface area contributed by atoms with E-state index in [0.717, 1.165) is 9.80 Å². The van der Waals surface area contributed by atoms with E-state index in [4.69, 9.17) is 9.47 Å². The van der Waals surface area contributed by atoms with Crippen molar-refractivity contribution >= 4 is 53.1 Å². The smallest absolute Gasteiger partial charge is 0.340 e. The van der Waals surface area contributed by atoms with Gasteiger partial charge in [0.2, 0.25) is 12.5 Å². The van der Waals surface area contributed by atoms with Gasteiger partial charge in [-0.3, -0.25) is 19.4 Å². The standard InChI is InChI=1S/C40H26N2O10/c43-33(41(31-20-10-8-18-28(31)37(45)46)35-24-14-4-6-16-26(24)39(49)51-35)30(22-23-12-2-1-3-13-23)34(44)42(32-21-11-9-19-29(32)38(47)48)36-25-15-5-7-17-27(25)40(50)52-36/h1-22,35-36H,(H,45,46)(H,47,48). The number of carboxylic acid groups (broad SMARTS) is 2. The predicted molar refractivity (Wildman–Crippen MR) is 185 cm³/mol. The van der Waals surface area contributed by atoms with Crippen LogP contribution in [0.4, 0.5) is 11.4 Å². The summed E-state index contributed by atoms with van der Waals surface area (Å²) in [7, 11) is 0. The minimum Gasteiger partial charge on any atom is -0.478 e. The number of carbonyl (C=O) groups is 6. The summed E-state index contributed by atoms with van der Waals surface area (Å²) in [5, 5.41) is 20.4. The lowest BCUT2D eigenvalue weighted by molar-refractivity contribution is -0.122. The number of rotatable bonds is 9. The van der Waals surface area contributed by atoms with E-state index in [1.54, 1.807) is 66.7 Å². The third-order valence-electron chi connectivity index (χ3n) is 8.60. The minimum absolute atomic E-state index is 0.129. The van der Waals surface area contributed by atoms with Gasteiger partial charge >= 0.3 is 23.9 Å². The molecule has 0 spiro atoms. The summed E-state index contributed by atoms with van der Waals surface area (Å²) in [5.41, 5.74) is -0.582. The SMILES string of the molecule is O=C1OC(N(C(=O)C(=Cc2ccccc2)C(=O)N(c2ccccc2C(=O)O)C2OC(=O)c3ccccc32)c2ccccc2C(=O)O)c2ccccc21. The summed E-state index contributed by atoms with van der Waals surface area (Å²) in [4.78, 5) is 83.6. The number of benzene rings is 5. The van der Waals surface area contributed by atoms with Gasteiger partial charge in [-0.2, -0.15) is 0 Å². The molecule has 2 atom stereocenters. The summed E-state index contributed by atoms with van der Waals surface area (Å²) < 4.78 is 11.4. The number of anilines is 2. The number of hydrogen-bond donors (Lipinski definition) is 2. The van der Waals surface area contributed by atoms with E-state index >= 15 is 9.59 Å². The fourth-order valence-electron chi connectivity index (χ4n) is 6.24. The molecule has 2 aliphatic heterocycles. The van der Waals surface area contributed by atoms with Crippen molar-refractivity contribution in [2.24, 2.45) is 0 Å². The van der Waals surface area contributed by atoms with Gasteiger partial charge in [-0.05, 0) is 48.0 Å². The third kappa shape index (κ3) is 5.83. The molecule has 0 aromatic heterocycles. The van der Waals surface area contributed by atoms with Crippen LogP contribution in [0.3, 0.4) is 0 Å². The van der Waals surface area contributed by atoms with Gasteiger partial charge in [-0.1, -0.05) is 91.0 Å². The molecule has 2 N–H and O–H groups in total. The van der Waals surface area contributed by atoms with E-state index < -0.39 is 53.7 Å². The van der Waals surface area contributed by atoms with Crippen LogP contribution in [-0.2, 0) is 19.1 Å². The van der Waals surface area contributed by atoms with E-state index in [0.29, 0.717) is 5.56 Å². The van der Waals surface area contributed by atoms with Crippen LogP contribution < -0.4 is 9.80 Å². The number of fused-ring (bicyclic) bond motifs is 2. The van der Waals surface area contributed by atoms with Crippen LogP contribution in [0, 0.1) is 0 Å². The molecule has 0 fully saturated rings. The Hall–Kier alpha value is -7.34. The molecule has 12 heteroatoms. The van der Waals surface area contributed by atoms with Crippen LogP contribution in [0.5, 0.6) is 0 Å². The molecular formula is C40H26N2O10. The molecule has 2 unspecified atom stereocenters. The number of hydrogen-bond acceptors (Lipinski definition) is 8. The number of nitrogens with zero attached hydrogens (tertiary/aromatic N) is 2. The molecule has 256 valence electrons. The lowest BCUT2D eigenvalue weighted by Crippen LogP contribution is -2.44. The lowest BCUT2D eigenvalue weighted by atomic mass is 10.0. The molecule has 0 saturated carbocycles. The van der Waals surface area contributed by atoms with Gasteiger partial charge in [0, 0.05) is 11.1 Å². The maximum absolute atomic E-state index is 15.2. The van der Waals surface area contributed by atoms with Crippen molar-refractivity contribution in [3.8, 4) is 0 Å². The van der Waals surface area contributed by atoms with E-state index in [1.807, 2.05) is 0 Å². The van der Waals surface area contributed by atoms with Gasteiger partial charge in [0.15, 0.2) is 0 Å². The van der Waals surface area contributed by atoms with Crippen molar-refractivity contribution in [3.05, 3.63) is 172 Å². The molecule has 0 aliphatic carbocycles. The van der Waals surface area contributed by atoms with Crippen molar-refractivity contribution in [3.63, 3.8) is 0 Å². The third-order valence-corrected chi connectivity index (χ3v) is 8.60. The Labute approximate surface area is 295 Å². The first-order chi connectivity index (χ1) is 25.2. The Morgan fingerprint density at radius 3 is 1.35 bits per heavy atom. The zero-order valence-electron chi connectivity index (χ0n) is 26.9. The Kier molecular flexibility index (Phi) is 8.62. The van der Waals surface area contributed by atoms with E-state index in [-0.39, 0.29) is 44.8 Å². The van der Waals surface area contributed by atoms with Crippen LogP contribution in [-0.4, -0.2) is 45.9 Å². The Morgan fingerprint density at radius 2 is 0.904 bits per heavy atom. The average molecular weight is 695 g/mol. The zero-order valence-corrected chi connectivity index (χ0v) is 26.9. The van der Waals surface area contributed by atoms with Gasteiger partial charge in [0.1, 0.15) is 5.57 Å². The fraction of sp³-hybridized carbons (Fsp3) is 0.0500. The normalized spacial score (nSPS) is 15.4. The summed E-state index contributed by atoms with van der Waals surface area (Å²) in [6.45, 7) is 0. The fourth-order valence-corrected chi connectivity index (χ4v) is 6.24. The number of carboxylic acids is 2. The molecule has 0 radical (unpaired) electrons. The second kappa shape index (κ2) is 13.5. The second-order valence-corrected chi connectivity index (χ2v) is 11.7. The quantitative estimate of drug-likeness (QED) is 0.0777. The summed E-state index contributed by atoms with van der Waals surface area (Å²) in [5.74, 6) is -6.58. The van der Waals surface area contributed by atoms with Gasteiger partial charge < -0.3 is 19.7 Å². The number of ether oxygens (including phenoxy) is 2. The maximum Gasteiger partial charge on any atom is 0.340 e. The van der Waals surface area contributed by atoms with Crippen LogP contribution in [0.25, 0.3) is 6.08 Å². The summed E-state index contributed by atoms with van der Waals surface area (Å²) in [6.07, 6.45) is -1.79. The first kappa shape index (κ1) is 33.2. The van der Waals surface area contributed by atoms with Crippen molar-refractivity contribution in [2.45, 2.75) is 12.5 Å². The predicted octanol–water partition coefficient (Wildman–Crippen LogP) is 6.27. The first-order valence-corrected chi connectivity index (χ1v) is 15.8. The highest BCUT2D eigenvalue weighted by atomic mass is 16.6. The van der Waals surface area contributed by atoms with E-state index in [9.17, 15) is 29.4 Å². The summed E-state index contributed by atoms with van der Waals surface area (Å²) in [6, 6.07) is 31.8. The molecular weight excluding hydrogens is 668 g/mol. The number of esters is 2. The summed E-state index contributed by atoms with van der Waals surface area (Å²) >= 11 is 0. The molecule has 5 aromatic carbocycles. The number of carbonyl (C=O) groups excluding carboxylic acids is 4. The number of cyclic esters (lactones) is 2. The molecule has 2 heterocycles. The minimum atomic E-state index is -1.52. The van der Waals surface area contributed by atoms with E-state index in [1.165, 1.54) is 66.7 Å². The molecule has 52 heavy (non-hydrogen) atoms. The molecule has 0 bridgehead atoms. The van der Waals surface area contributed by atoms with Gasteiger partial charge in [-0.15, -0.1) is 0 Å².